The minimum atomic E-state index is -0.426. The molecule has 2 aromatic carbocycles. The van der Waals surface area contributed by atoms with Gasteiger partial charge in [0.1, 0.15) is 5.75 Å². The van der Waals surface area contributed by atoms with Crippen molar-refractivity contribution < 1.29 is 14.5 Å². The SMILES string of the molecule is CC(=O)N1c2ccc(OC3CCC3)cc2Sc2cc([N+](=O)[O-])ccc21. The quantitative estimate of drug-likeness (QED) is 0.590. The number of hydrogen-bond donors (Lipinski definition) is 0. The van der Waals surface area contributed by atoms with Crippen LogP contribution in [0.2, 0.25) is 0 Å². The Balaban J connectivity index is 1.75. The van der Waals surface area contributed by atoms with Gasteiger partial charge in [-0.2, -0.15) is 0 Å². The average Bonchev–Trinajstić information content (AvgIpc) is 2.54. The molecule has 0 N–H and O–H groups in total. The maximum absolute atomic E-state index is 12.2. The smallest absolute Gasteiger partial charge is 0.270 e. The van der Waals surface area contributed by atoms with Crippen molar-refractivity contribution in [2.75, 3.05) is 4.90 Å². The maximum atomic E-state index is 12.2. The fourth-order valence-corrected chi connectivity index (χ4v) is 4.11. The zero-order chi connectivity index (χ0) is 17.6. The van der Waals surface area contributed by atoms with Gasteiger partial charge < -0.3 is 4.74 Å². The van der Waals surface area contributed by atoms with E-state index in [1.807, 2.05) is 18.2 Å². The molecule has 1 amide bonds. The lowest BCUT2D eigenvalue weighted by atomic mass is 9.96. The van der Waals surface area contributed by atoms with Crippen molar-refractivity contribution in [1.29, 1.82) is 0 Å². The molecule has 1 aliphatic carbocycles. The van der Waals surface area contributed by atoms with Gasteiger partial charge in [-0.15, -0.1) is 0 Å². The lowest BCUT2D eigenvalue weighted by Crippen LogP contribution is -2.26. The number of ether oxygens (including phenoxy) is 1. The van der Waals surface area contributed by atoms with Gasteiger partial charge in [-0.1, -0.05) is 11.8 Å². The Hall–Kier alpha value is -2.54. The summed E-state index contributed by atoms with van der Waals surface area (Å²) in [5.41, 5.74) is 1.46. The zero-order valence-electron chi connectivity index (χ0n) is 13.6. The first-order chi connectivity index (χ1) is 12.0. The Kier molecular flexibility index (Phi) is 3.88. The van der Waals surface area contributed by atoms with Gasteiger partial charge in [-0.25, -0.2) is 0 Å². The van der Waals surface area contributed by atoms with Crippen molar-refractivity contribution in [3.05, 3.63) is 46.5 Å². The van der Waals surface area contributed by atoms with Crippen LogP contribution in [0.3, 0.4) is 0 Å². The Morgan fingerprint density at radius 2 is 1.88 bits per heavy atom. The molecule has 1 heterocycles. The number of carbonyl (C=O) groups excluding carboxylic acids is 1. The van der Waals surface area contributed by atoms with Crippen LogP contribution in [-0.2, 0) is 4.79 Å². The second kappa shape index (κ2) is 6.07. The fourth-order valence-electron chi connectivity index (χ4n) is 2.99. The van der Waals surface area contributed by atoms with E-state index in [4.69, 9.17) is 4.74 Å². The number of carbonyl (C=O) groups is 1. The van der Waals surface area contributed by atoms with E-state index in [0.717, 1.165) is 29.2 Å². The predicted molar refractivity (Wildman–Crippen MR) is 94.7 cm³/mol. The highest BCUT2D eigenvalue weighted by molar-refractivity contribution is 7.99. The number of benzene rings is 2. The summed E-state index contributed by atoms with van der Waals surface area (Å²) in [5, 5.41) is 11.1. The van der Waals surface area contributed by atoms with Crippen LogP contribution in [-0.4, -0.2) is 16.9 Å². The molecule has 25 heavy (non-hydrogen) atoms. The van der Waals surface area contributed by atoms with Crippen molar-refractivity contribution in [3.63, 3.8) is 0 Å². The average molecular weight is 356 g/mol. The van der Waals surface area contributed by atoms with E-state index in [1.165, 1.54) is 37.2 Å². The number of amides is 1. The molecule has 0 aromatic heterocycles. The van der Waals surface area contributed by atoms with Crippen LogP contribution in [0.15, 0.2) is 46.2 Å². The Labute approximate surface area is 148 Å². The summed E-state index contributed by atoms with van der Waals surface area (Å²) in [5.74, 6) is 0.637. The molecule has 0 saturated heterocycles. The molecular weight excluding hydrogens is 340 g/mol. The van der Waals surface area contributed by atoms with Gasteiger partial charge in [0.25, 0.3) is 5.69 Å². The number of hydrogen-bond acceptors (Lipinski definition) is 5. The molecule has 1 fully saturated rings. The molecule has 2 aromatic rings. The van der Waals surface area contributed by atoms with E-state index in [1.54, 1.807) is 11.0 Å². The third-order valence-corrected chi connectivity index (χ3v) is 5.55. The third-order valence-electron chi connectivity index (χ3n) is 4.46. The molecule has 1 saturated carbocycles. The number of nitro benzene ring substituents is 1. The van der Waals surface area contributed by atoms with Crippen LogP contribution in [0.4, 0.5) is 17.1 Å². The first-order valence-electron chi connectivity index (χ1n) is 8.10. The normalized spacial score (nSPS) is 15.8. The Morgan fingerprint density at radius 3 is 2.48 bits per heavy atom. The van der Waals surface area contributed by atoms with E-state index in [9.17, 15) is 14.9 Å². The van der Waals surface area contributed by atoms with Gasteiger partial charge in [0.15, 0.2) is 0 Å². The van der Waals surface area contributed by atoms with Crippen molar-refractivity contribution >= 4 is 34.7 Å². The number of nitrogens with zero attached hydrogens (tertiary/aromatic N) is 2. The number of nitro groups is 1. The molecule has 7 heteroatoms. The molecular formula is C18H16N2O4S. The van der Waals surface area contributed by atoms with Gasteiger partial charge in [-0.05, 0) is 43.5 Å². The summed E-state index contributed by atoms with van der Waals surface area (Å²) < 4.78 is 5.94. The Bertz CT molecular complexity index is 879. The molecule has 0 unspecified atom stereocenters. The van der Waals surface area contributed by atoms with Crippen molar-refractivity contribution in [2.45, 2.75) is 42.1 Å². The molecule has 1 aliphatic heterocycles. The van der Waals surface area contributed by atoms with E-state index in [-0.39, 0.29) is 17.7 Å². The Morgan fingerprint density at radius 1 is 1.20 bits per heavy atom. The molecule has 6 nitrogen and oxygen atoms in total. The largest absolute Gasteiger partial charge is 0.490 e. The molecule has 128 valence electrons. The standard InChI is InChI=1S/C18H16N2O4S/c1-11(21)19-15-7-5-12(20(22)23)9-17(15)25-18-10-14(6-8-16(18)19)24-13-3-2-4-13/h5-10,13H,2-4H2,1H3. The summed E-state index contributed by atoms with van der Waals surface area (Å²) in [6.07, 6.45) is 3.60. The molecule has 0 atom stereocenters. The topological polar surface area (TPSA) is 72.7 Å². The van der Waals surface area contributed by atoms with Gasteiger partial charge in [-0.3, -0.25) is 19.8 Å². The van der Waals surface area contributed by atoms with Crippen LogP contribution in [0, 0.1) is 10.1 Å². The zero-order valence-corrected chi connectivity index (χ0v) is 14.4. The van der Waals surface area contributed by atoms with Crippen molar-refractivity contribution in [2.24, 2.45) is 0 Å². The molecule has 0 bridgehead atoms. The van der Waals surface area contributed by atoms with Gasteiger partial charge in [0.2, 0.25) is 5.91 Å². The first kappa shape index (κ1) is 16.0. The van der Waals surface area contributed by atoms with Crippen LogP contribution >= 0.6 is 11.8 Å². The molecule has 0 spiro atoms. The summed E-state index contributed by atoms with van der Waals surface area (Å²) in [6, 6.07) is 10.2. The van der Waals surface area contributed by atoms with Crippen LogP contribution in [0.5, 0.6) is 5.75 Å². The van der Waals surface area contributed by atoms with Crippen LogP contribution in [0.25, 0.3) is 0 Å². The summed E-state index contributed by atoms with van der Waals surface area (Å²) in [4.78, 5) is 26.0. The minimum Gasteiger partial charge on any atom is -0.490 e. The van der Waals surface area contributed by atoms with Gasteiger partial charge >= 0.3 is 0 Å². The number of fused-ring (bicyclic) bond motifs is 2. The van der Waals surface area contributed by atoms with Crippen molar-refractivity contribution in [3.8, 4) is 5.75 Å². The second-order valence-electron chi connectivity index (χ2n) is 6.17. The molecule has 2 aliphatic rings. The lowest BCUT2D eigenvalue weighted by Gasteiger charge is -2.31. The number of anilines is 2. The van der Waals surface area contributed by atoms with Crippen molar-refractivity contribution in [1.82, 2.24) is 0 Å². The lowest BCUT2D eigenvalue weighted by molar-refractivity contribution is -0.385. The van der Waals surface area contributed by atoms with Crippen LogP contribution < -0.4 is 9.64 Å². The fraction of sp³-hybridized carbons (Fsp3) is 0.278. The van der Waals surface area contributed by atoms with E-state index >= 15 is 0 Å². The summed E-state index contributed by atoms with van der Waals surface area (Å²) >= 11 is 1.42. The highest BCUT2D eigenvalue weighted by atomic mass is 32.2. The maximum Gasteiger partial charge on any atom is 0.270 e. The summed E-state index contributed by atoms with van der Waals surface area (Å²) in [7, 11) is 0. The number of rotatable bonds is 3. The first-order valence-corrected chi connectivity index (χ1v) is 8.92. The van der Waals surface area contributed by atoms with Crippen LogP contribution in [0.1, 0.15) is 26.2 Å². The monoisotopic (exact) mass is 356 g/mol. The number of non-ortho nitro benzene ring substituents is 1. The minimum absolute atomic E-state index is 0.0140. The third kappa shape index (κ3) is 2.84. The highest BCUT2D eigenvalue weighted by Crippen LogP contribution is 2.50. The van der Waals surface area contributed by atoms with E-state index in [0.29, 0.717) is 10.6 Å². The van der Waals surface area contributed by atoms with Gasteiger partial charge in [0, 0.05) is 28.8 Å². The van der Waals surface area contributed by atoms with E-state index < -0.39 is 4.92 Å². The second-order valence-corrected chi connectivity index (χ2v) is 7.25. The molecule has 0 radical (unpaired) electrons. The van der Waals surface area contributed by atoms with E-state index in [2.05, 4.69) is 0 Å². The highest BCUT2D eigenvalue weighted by Gasteiger charge is 2.29. The van der Waals surface area contributed by atoms with Gasteiger partial charge in [0.05, 0.1) is 22.4 Å². The summed E-state index contributed by atoms with van der Waals surface area (Å²) in [6.45, 7) is 1.49. The predicted octanol–water partition coefficient (Wildman–Crippen LogP) is 4.68. The molecule has 4 rings (SSSR count).